The average Bonchev–Trinajstić information content (AvgIpc) is 2.87. The van der Waals surface area contributed by atoms with Gasteiger partial charge in [0.05, 0.1) is 13.2 Å². The molecule has 1 fully saturated rings. The van der Waals surface area contributed by atoms with Crippen molar-refractivity contribution in [2.75, 3.05) is 26.8 Å². The molecule has 1 aliphatic heterocycles. The van der Waals surface area contributed by atoms with Gasteiger partial charge in [0.2, 0.25) is 0 Å². The summed E-state index contributed by atoms with van der Waals surface area (Å²) in [4.78, 5) is 2.80. The number of allylic oxidation sites excluding steroid dienone is 2. The Hall–Kier alpha value is -0.0500. The van der Waals surface area contributed by atoms with E-state index in [1.165, 1.54) is 11.4 Å². The Labute approximate surface area is 131 Å². The third kappa shape index (κ3) is 5.38. The largest absolute Gasteiger partial charge is 0.376 e. The first kappa shape index (κ1) is 18.0. The minimum Gasteiger partial charge on any atom is -0.376 e. The number of hydrogen-bond donors (Lipinski definition) is 0. The molecule has 1 heterocycles. The Bertz CT molecular complexity index is 423. The van der Waals surface area contributed by atoms with Crippen LogP contribution in [0, 0.1) is 11.3 Å². The molecule has 0 bridgehead atoms. The highest BCUT2D eigenvalue weighted by atomic mass is 32.9. The summed E-state index contributed by atoms with van der Waals surface area (Å²) in [6.07, 6.45) is 3.81. The summed E-state index contributed by atoms with van der Waals surface area (Å²) in [5.41, 5.74) is -1.39. The molecule has 0 N–H and O–H groups in total. The van der Waals surface area contributed by atoms with Crippen molar-refractivity contribution in [2.24, 2.45) is 0 Å². The first-order chi connectivity index (χ1) is 9.56. The van der Waals surface area contributed by atoms with Crippen molar-refractivity contribution < 1.29 is 9.05 Å². The summed E-state index contributed by atoms with van der Waals surface area (Å²) in [7, 11) is 2.02. The molecule has 1 rings (SSSR count). The molecule has 20 heavy (non-hydrogen) atoms. The molecule has 0 aromatic rings. The zero-order chi connectivity index (χ0) is 15.0. The molecule has 0 atom stereocenters. The maximum atomic E-state index is 9.42. The van der Waals surface area contributed by atoms with E-state index < -0.39 is 5.69 Å². The molecule has 0 aliphatic carbocycles. The van der Waals surface area contributed by atoms with Crippen LogP contribution in [0.2, 0.25) is 0 Å². The smallest absolute Gasteiger partial charge is 0.252 e. The van der Waals surface area contributed by atoms with E-state index in [0.717, 1.165) is 37.9 Å². The number of rotatable bonds is 8. The second-order valence-electron chi connectivity index (χ2n) is 4.62. The predicted molar refractivity (Wildman–Crippen MR) is 88.9 cm³/mol. The van der Waals surface area contributed by atoms with Gasteiger partial charge in [0, 0.05) is 19.3 Å². The molecule has 4 nitrogen and oxygen atoms in total. The Morgan fingerprint density at radius 1 is 1.40 bits per heavy atom. The van der Waals surface area contributed by atoms with Crippen LogP contribution in [0.4, 0.5) is 0 Å². The summed E-state index contributed by atoms with van der Waals surface area (Å²) in [6, 6.07) is 2.28. The van der Waals surface area contributed by atoms with E-state index in [9.17, 15) is 5.26 Å². The summed E-state index contributed by atoms with van der Waals surface area (Å²) in [6.45, 7) is 6.24. The van der Waals surface area contributed by atoms with Crippen LogP contribution >= 0.6 is 17.1 Å². The quantitative estimate of drug-likeness (QED) is 0.488. The van der Waals surface area contributed by atoms with Gasteiger partial charge in [-0.3, -0.25) is 0 Å². The lowest BCUT2D eigenvalue weighted by atomic mass is 10.3. The monoisotopic (exact) mass is 334 g/mol. The van der Waals surface area contributed by atoms with E-state index in [4.69, 9.17) is 20.9 Å². The highest BCUT2D eigenvalue weighted by Crippen LogP contribution is 2.64. The second-order valence-corrected chi connectivity index (χ2v) is 10.7. The fraction of sp³-hybridized carbons (Fsp3) is 0.769. The van der Waals surface area contributed by atoms with Gasteiger partial charge in [-0.25, -0.2) is 0 Å². The van der Waals surface area contributed by atoms with Crippen molar-refractivity contribution in [3.8, 4) is 6.07 Å². The van der Waals surface area contributed by atoms with Crippen LogP contribution in [0.5, 0.6) is 0 Å². The van der Waals surface area contributed by atoms with Crippen molar-refractivity contribution in [1.29, 1.82) is 5.26 Å². The number of nitriles is 1. The minimum absolute atomic E-state index is 0.581. The SMILES string of the molecule is CCCOP(=S)(OCCC)SC(C#N)=C1CCCN1C. The third-order valence-corrected chi connectivity index (χ3v) is 7.73. The number of hydrogen-bond acceptors (Lipinski definition) is 6. The molecule has 0 amide bonds. The standard InChI is InChI=1S/C13H23N2O2PS2/c1-4-9-16-18(19,17-10-5-2)20-13(11-14)12-7-6-8-15(12)3/h4-10H2,1-3H3. The van der Waals surface area contributed by atoms with Crippen molar-refractivity contribution in [3.05, 3.63) is 10.6 Å². The summed E-state index contributed by atoms with van der Waals surface area (Å²) in [5, 5.41) is 9.42. The molecular formula is C13H23N2O2PS2. The lowest BCUT2D eigenvalue weighted by Gasteiger charge is -2.22. The molecule has 114 valence electrons. The van der Waals surface area contributed by atoms with Crippen molar-refractivity contribution in [2.45, 2.75) is 39.5 Å². The predicted octanol–water partition coefficient (Wildman–Crippen LogP) is 4.26. The van der Waals surface area contributed by atoms with E-state index in [1.54, 1.807) is 0 Å². The molecule has 1 saturated heterocycles. The van der Waals surface area contributed by atoms with Gasteiger partial charge in [0.25, 0.3) is 5.69 Å². The third-order valence-electron chi connectivity index (χ3n) is 2.84. The van der Waals surface area contributed by atoms with Crippen LogP contribution in [0.25, 0.3) is 0 Å². The zero-order valence-corrected chi connectivity index (χ0v) is 15.0. The maximum Gasteiger partial charge on any atom is 0.252 e. The molecular weight excluding hydrogens is 311 g/mol. The minimum atomic E-state index is -2.46. The van der Waals surface area contributed by atoms with Crippen LogP contribution in [0.15, 0.2) is 10.6 Å². The Balaban J connectivity index is 2.86. The Kier molecular flexibility index (Phi) is 8.16. The fourth-order valence-electron chi connectivity index (χ4n) is 1.84. The van der Waals surface area contributed by atoms with Crippen LogP contribution in [0.3, 0.4) is 0 Å². The lowest BCUT2D eigenvalue weighted by molar-refractivity contribution is 0.260. The number of nitrogens with zero attached hydrogens (tertiary/aromatic N) is 2. The second kappa shape index (κ2) is 9.07. The Morgan fingerprint density at radius 2 is 2.00 bits per heavy atom. The van der Waals surface area contributed by atoms with E-state index in [1.807, 2.05) is 20.9 Å². The van der Waals surface area contributed by atoms with E-state index in [0.29, 0.717) is 18.1 Å². The first-order valence-electron chi connectivity index (χ1n) is 6.99. The fourth-order valence-corrected chi connectivity index (χ4v) is 6.45. The molecule has 0 saturated carbocycles. The van der Waals surface area contributed by atoms with Crippen molar-refractivity contribution in [3.63, 3.8) is 0 Å². The zero-order valence-electron chi connectivity index (χ0n) is 12.4. The van der Waals surface area contributed by atoms with Crippen LogP contribution in [-0.2, 0) is 20.9 Å². The maximum absolute atomic E-state index is 9.42. The van der Waals surface area contributed by atoms with Crippen LogP contribution < -0.4 is 0 Å². The highest BCUT2D eigenvalue weighted by Gasteiger charge is 2.26. The topological polar surface area (TPSA) is 45.5 Å². The van der Waals surface area contributed by atoms with Crippen molar-refractivity contribution in [1.82, 2.24) is 4.90 Å². The lowest BCUT2D eigenvalue weighted by Crippen LogP contribution is -2.11. The molecule has 0 aromatic heterocycles. The van der Waals surface area contributed by atoms with Gasteiger partial charge >= 0.3 is 0 Å². The summed E-state index contributed by atoms with van der Waals surface area (Å²) < 4.78 is 11.5. The Morgan fingerprint density at radius 3 is 2.40 bits per heavy atom. The van der Waals surface area contributed by atoms with E-state index >= 15 is 0 Å². The molecule has 0 aromatic carbocycles. The van der Waals surface area contributed by atoms with E-state index in [2.05, 4.69) is 11.0 Å². The number of likely N-dealkylation sites (tertiary alicyclic amines) is 1. The van der Waals surface area contributed by atoms with Crippen LogP contribution in [-0.4, -0.2) is 31.7 Å². The molecule has 7 heteroatoms. The first-order valence-corrected chi connectivity index (χ1v) is 11.0. The molecule has 0 spiro atoms. The average molecular weight is 334 g/mol. The van der Waals surface area contributed by atoms with Gasteiger partial charge in [-0.15, -0.1) is 0 Å². The molecule has 0 unspecified atom stereocenters. The summed E-state index contributed by atoms with van der Waals surface area (Å²) in [5.74, 6) is 0. The van der Waals surface area contributed by atoms with Crippen LogP contribution in [0.1, 0.15) is 39.5 Å². The van der Waals surface area contributed by atoms with Gasteiger partial charge in [-0.05, 0) is 48.9 Å². The van der Waals surface area contributed by atoms with Gasteiger partial charge in [0.15, 0.2) is 0 Å². The molecule has 0 radical (unpaired) electrons. The van der Waals surface area contributed by atoms with Gasteiger partial charge in [-0.1, -0.05) is 13.8 Å². The highest BCUT2D eigenvalue weighted by molar-refractivity contribution is 8.69. The van der Waals surface area contributed by atoms with Crippen molar-refractivity contribution >= 4 is 28.9 Å². The molecule has 1 aliphatic rings. The van der Waals surface area contributed by atoms with Gasteiger partial charge in [-0.2, -0.15) is 5.26 Å². The summed E-state index contributed by atoms with van der Waals surface area (Å²) >= 11 is 6.91. The van der Waals surface area contributed by atoms with Gasteiger partial charge < -0.3 is 13.9 Å². The van der Waals surface area contributed by atoms with Gasteiger partial charge in [0.1, 0.15) is 11.0 Å². The normalized spacial score (nSPS) is 18.2. The van der Waals surface area contributed by atoms with E-state index in [-0.39, 0.29) is 0 Å².